The predicted octanol–water partition coefficient (Wildman–Crippen LogP) is 4.47. The maximum Gasteiger partial charge on any atom is 0.135 e. The molecular weight excluding hydrogens is 246 g/mol. The van der Waals surface area contributed by atoms with Crippen LogP contribution in [0.5, 0.6) is 0 Å². The number of hydrogen-bond donors (Lipinski definition) is 0. The van der Waals surface area contributed by atoms with E-state index in [0.29, 0.717) is 5.41 Å². The molecule has 0 N–H and O–H groups in total. The van der Waals surface area contributed by atoms with Crippen molar-refractivity contribution in [2.24, 2.45) is 5.41 Å². The maximum absolute atomic E-state index is 4.57. The third-order valence-corrected chi connectivity index (χ3v) is 3.49. The Morgan fingerprint density at radius 2 is 1.85 bits per heavy atom. The van der Waals surface area contributed by atoms with Crippen molar-refractivity contribution < 1.29 is 0 Å². The molecule has 1 heterocycles. The first kappa shape index (κ1) is 16.9. The van der Waals surface area contributed by atoms with Gasteiger partial charge in [0.15, 0.2) is 0 Å². The molecule has 1 aromatic heterocycles. The van der Waals surface area contributed by atoms with Gasteiger partial charge in [-0.3, -0.25) is 0 Å². The van der Waals surface area contributed by atoms with Crippen LogP contribution in [0.1, 0.15) is 65.9 Å². The lowest BCUT2D eigenvalue weighted by Crippen LogP contribution is -2.30. The van der Waals surface area contributed by atoms with Crippen molar-refractivity contribution in [3.05, 3.63) is 18.1 Å². The summed E-state index contributed by atoms with van der Waals surface area (Å²) in [5.74, 6) is 1.15. The molecule has 3 nitrogen and oxygen atoms in total. The Labute approximate surface area is 124 Å². The average molecular weight is 277 g/mol. The van der Waals surface area contributed by atoms with Crippen LogP contribution >= 0.6 is 0 Å². The molecule has 0 unspecified atom stereocenters. The molecule has 0 saturated heterocycles. The molecule has 0 fully saturated rings. The fraction of sp³-hybridized carbons (Fsp3) is 0.765. The average Bonchev–Trinajstić information content (AvgIpc) is 2.40. The van der Waals surface area contributed by atoms with Crippen LogP contribution < -0.4 is 4.90 Å². The van der Waals surface area contributed by atoms with Gasteiger partial charge in [-0.05, 0) is 31.1 Å². The topological polar surface area (TPSA) is 29.0 Å². The Kier molecular flexibility index (Phi) is 6.97. The molecule has 0 saturated carbocycles. The van der Waals surface area contributed by atoms with E-state index >= 15 is 0 Å². The van der Waals surface area contributed by atoms with Crippen molar-refractivity contribution in [1.29, 1.82) is 0 Å². The lowest BCUT2D eigenvalue weighted by Gasteiger charge is -2.28. The summed E-state index contributed by atoms with van der Waals surface area (Å²) in [6.45, 7) is 13.5. The smallest absolute Gasteiger partial charge is 0.135 e. The molecule has 3 heteroatoms. The SMILES string of the molecule is CCCCc1cncnc1N(CCC)CCC(C)(C)C. The third-order valence-electron chi connectivity index (χ3n) is 3.49. The van der Waals surface area contributed by atoms with E-state index in [-0.39, 0.29) is 0 Å². The van der Waals surface area contributed by atoms with Gasteiger partial charge in [0.1, 0.15) is 12.1 Å². The van der Waals surface area contributed by atoms with Gasteiger partial charge < -0.3 is 4.90 Å². The molecule has 0 aliphatic rings. The fourth-order valence-electron chi connectivity index (χ4n) is 2.24. The quantitative estimate of drug-likeness (QED) is 0.702. The molecule has 1 rings (SSSR count). The number of rotatable bonds is 8. The van der Waals surface area contributed by atoms with Crippen molar-refractivity contribution in [3.63, 3.8) is 0 Å². The van der Waals surface area contributed by atoms with Crippen LogP contribution in [-0.2, 0) is 6.42 Å². The summed E-state index contributed by atoms with van der Waals surface area (Å²) in [4.78, 5) is 11.2. The zero-order valence-electron chi connectivity index (χ0n) is 13.9. The Morgan fingerprint density at radius 3 is 2.45 bits per heavy atom. The Hall–Kier alpha value is -1.12. The molecule has 1 aromatic rings. The van der Waals surface area contributed by atoms with E-state index in [9.17, 15) is 0 Å². The molecular formula is C17H31N3. The van der Waals surface area contributed by atoms with E-state index in [4.69, 9.17) is 0 Å². The highest BCUT2D eigenvalue weighted by atomic mass is 15.2. The van der Waals surface area contributed by atoms with E-state index in [1.807, 2.05) is 6.20 Å². The standard InChI is InChI=1S/C17H31N3/c1-6-8-9-15-13-18-14-19-16(15)20(11-7-2)12-10-17(3,4)5/h13-14H,6-12H2,1-5H3. The van der Waals surface area contributed by atoms with Gasteiger partial charge in [0.2, 0.25) is 0 Å². The fourth-order valence-corrected chi connectivity index (χ4v) is 2.24. The molecule has 0 atom stereocenters. The lowest BCUT2D eigenvalue weighted by atomic mass is 9.92. The summed E-state index contributed by atoms with van der Waals surface area (Å²) in [5.41, 5.74) is 1.67. The van der Waals surface area contributed by atoms with Crippen LogP contribution in [-0.4, -0.2) is 23.1 Å². The maximum atomic E-state index is 4.57. The molecule has 0 spiro atoms. The van der Waals surface area contributed by atoms with Gasteiger partial charge in [0.05, 0.1) is 0 Å². The summed E-state index contributed by atoms with van der Waals surface area (Å²) >= 11 is 0. The van der Waals surface area contributed by atoms with Crippen LogP contribution in [0.4, 0.5) is 5.82 Å². The first-order chi connectivity index (χ1) is 9.48. The highest BCUT2D eigenvalue weighted by molar-refractivity contribution is 5.45. The normalized spacial score (nSPS) is 11.7. The minimum absolute atomic E-state index is 0.364. The summed E-state index contributed by atoms with van der Waals surface area (Å²) in [7, 11) is 0. The van der Waals surface area contributed by atoms with Crippen molar-refractivity contribution >= 4 is 5.82 Å². The number of anilines is 1. The Bertz CT molecular complexity index is 382. The number of aryl methyl sites for hydroxylation is 1. The van der Waals surface area contributed by atoms with Gasteiger partial charge in [-0.1, -0.05) is 41.0 Å². The van der Waals surface area contributed by atoms with Crippen molar-refractivity contribution in [2.75, 3.05) is 18.0 Å². The predicted molar refractivity (Wildman–Crippen MR) is 87.2 cm³/mol. The second kappa shape index (κ2) is 8.23. The first-order valence-corrected chi connectivity index (χ1v) is 8.01. The van der Waals surface area contributed by atoms with E-state index < -0.39 is 0 Å². The van der Waals surface area contributed by atoms with Gasteiger partial charge in [-0.15, -0.1) is 0 Å². The van der Waals surface area contributed by atoms with Crippen molar-refractivity contribution in [3.8, 4) is 0 Å². The van der Waals surface area contributed by atoms with Gasteiger partial charge in [0.25, 0.3) is 0 Å². The minimum Gasteiger partial charge on any atom is -0.356 e. The lowest BCUT2D eigenvalue weighted by molar-refractivity contribution is 0.378. The Balaban J connectivity index is 2.84. The summed E-state index contributed by atoms with van der Waals surface area (Å²) in [6, 6.07) is 0. The molecule has 0 radical (unpaired) electrons. The summed E-state index contributed by atoms with van der Waals surface area (Å²) < 4.78 is 0. The third kappa shape index (κ3) is 5.89. The highest BCUT2D eigenvalue weighted by Crippen LogP contribution is 2.23. The van der Waals surface area contributed by atoms with Crippen LogP contribution in [0.3, 0.4) is 0 Å². The second-order valence-corrected chi connectivity index (χ2v) is 6.77. The summed E-state index contributed by atoms with van der Waals surface area (Å²) in [6.07, 6.45) is 9.53. The monoisotopic (exact) mass is 277 g/mol. The largest absolute Gasteiger partial charge is 0.356 e. The zero-order chi connectivity index (χ0) is 15.0. The number of unbranched alkanes of at least 4 members (excludes halogenated alkanes) is 1. The van der Waals surface area contributed by atoms with E-state index in [0.717, 1.165) is 31.7 Å². The molecule has 114 valence electrons. The van der Waals surface area contributed by atoms with Crippen molar-refractivity contribution in [2.45, 2.75) is 66.7 Å². The summed E-state index contributed by atoms with van der Waals surface area (Å²) in [5, 5.41) is 0. The van der Waals surface area contributed by atoms with E-state index in [2.05, 4.69) is 49.5 Å². The second-order valence-electron chi connectivity index (χ2n) is 6.77. The van der Waals surface area contributed by atoms with Crippen LogP contribution in [0.15, 0.2) is 12.5 Å². The molecule has 0 aromatic carbocycles. The Morgan fingerprint density at radius 1 is 1.10 bits per heavy atom. The highest BCUT2D eigenvalue weighted by Gasteiger charge is 2.16. The van der Waals surface area contributed by atoms with E-state index in [1.54, 1.807) is 6.33 Å². The molecule has 0 bridgehead atoms. The number of hydrogen-bond acceptors (Lipinski definition) is 3. The van der Waals surface area contributed by atoms with Gasteiger partial charge in [0, 0.05) is 24.8 Å². The first-order valence-electron chi connectivity index (χ1n) is 8.01. The molecule has 20 heavy (non-hydrogen) atoms. The number of nitrogens with zero attached hydrogens (tertiary/aromatic N) is 3. The molecule has 0 amide bonds. The van der Waals surface area contributed by atoms with Gasteiger partial charge in [-0.2, -0.15) is 0 Å². The molecule has 0 aliphatic heterocycles. The molecule has 0 aliphatic carbocycles. The number of aromatic nitrogens is 2. The van der Waals surface area contributed by atoms with Gasteiger partial charge in [-0.25, -0.2) is 9.97 Å². The van der Waals surface area contributed by atoms with Gasteiger partial charge >= 0.3 is 0 Å². The van der Waals surface area contributed by atoms with Crippen LogP contribution in [0, 0.1) is 5.41 Å². The van der Waals surface area contributed by atoms with Crippen molar-refractivity contribution in [1.82, 2.24) is 9.97 Å². The minimum atomic E-state index is 0.364. The van der Waals surface area contributed by atoms with E-state index in [1.165, 1.54) is 24.8 Å². The van der Waals surface area contributed by atoms with Crippen LogP contribution in [0.25, 0.3) is 0 Å². The van der Waals surface area contributed by atoms with Crippen LogP contribution in [0.2, 0.25) is 0 Å². The zero-order valence-corrected chi connectivity index (χ0v) is 13.9.